The van der Waals surface area contributed by atoms with Gasteiger partial charge >= 0.3 is 0 Å². The van der Waals surface area contributed by atoms with E-state index >= 15 is 0 Å². The molecule has 0 aliphatic carbocycles. The first-order valence-corrected chi connectivity index (χ1v) is 7.09. The standard InChI is InChI=1S/C15H18ClFN2O2/c1-8-13(20)18-12(15(2,3)4)14(21)19(8)11-6-5-9(17)7-10(11)16/h5-8,12H,1-4H3,(H,18,20). The van der Waals surface area contributed by atoms with E-state index in [4.69, 9.17) is 11.6 Å². The van der Waals surface area contributed by atoms with Gasteiger partial charge in [0.1, 0.15) is 17.9 Å². The fourth-order valence-electron chi connectivity index (χ4n) is 2.36. The van der Waals surface area contributed by atoms with Crippen molar-refractivity contribution in [3.8, 4) is 0 Å². The number of nitrogens with one attached hydrogen (secondary N) is 1. The van der Waals surface area contributed by atoms with E-state index < -0.39 is 23.3 Å². The Bertz CT molecular complexity index is 598. The van der Waals surface area contributed by atoms with Gasteiger partial charge in [0.2, 0.25) is 5.91 Å². The van der Waals surface area contributed by atoms with Gasteiger partial charge in [-0.3, -0.25) is 14.5 Å². The molecule has 114 valence electrons. The highest BCUT2D eigenvalue weighted by Crippen LogP contribution is 2.33. The van der Waals surface area contributed by atoms with Crippen molar-refractivity contribution >= 4 is 29.1 Å². The maximum Gasteiger partial charge on any atom is 0.250 e. The lowest BCUT2D eigenvalue weighted by atomic mass is 9.84. The first kappa shape index (κ1) is 15.8. The molecule has 1 N–H and O–H groups in total. The second kappa shape index (κ2) is 5.30. The minimum Gasteiger partial charge on any atom is -0.342 e. The van der Waals surface area contributed by atoms with E-state index in [0.717, 1.165) is 6.07 Å². The number of benzene rings is 1. The summed E-state index contributed by atoms with van der Waals surface area (Å²) in [5.74, 6) is -0.990. The summed E-state index contributed by atoms with van der Waals surface area (Å²) in [5, 5.41) is 2.85. The number of nitrogens with zero attached hydrogens (tertiary/aromatic N) is 1. The van der Waals surface area contributed by atoms with Crippen molar-refractivity contribution in [3.63, 3.8) is 0 Å². The number of halogens is 2. The predicted octanol–water partition coefficient (Wildman–Crippen LogP) is 2.75. The van der Waals surface area contributed by atoms with Crippen molar-refractivity contribution in [1.29, 1.82) is 0 Å². The molecule has 1 heterocycles. The van der Waals surface area contributed by atoms with Gasteiger partial charge in [0, 0.05) is 0 Å². The molecule has 2 unspecified atom stereocenters. The van der Waals surface area contributed by atoms with E-state index in [-0.39, 0.29) is 16.8 Å². The maximum absolute atomic E-state index is 13.2. The Labute approximate surface area is 128 Å². The molecule has 2 atom stereocenters. The molecule has 0 saturated carbocycles. The number of amides is 2. The average molecular weight is 313 g/mol. The van der Waals surface area contributed by atoms with Gasteiger partial charge in [0.05, 0.1) is 10.7 Å². The van der Waals surface area contributed by atoms with E-state index in [2.05, 4.69) is 5.32 Å². The highest BCUT2D eigenvalue weighted by Gasteiger charge is 2.44. The summed E-state index contributed by atoms with van der Waals surface area (Å²) in [4.78, 5) is 26.2. The van der Waals surface area contributed by atoms with Gasteiger partial charge in [0.15, 0.2) is 0 Å². The Morgan fingerprint density at radius 2 is 1.90 bits per heavy atom. The molecule has 1 aliphatic rings. The Kier molecular flexibility index (Phi) is 3.97. The van der Waals surface area contributed by atoms with Crippen molar-refractivity contribution in [3.05, 3.63) is 29.0 Å². The SMILES string of the molecule is CC1C(=O)NC(C(C)(C)C)C(=O)N1c1ccc(F)cc1Cl. The van der Waals surface area contributed by atoms with Crippen LogP contribution in [0.2, 0.25) is 5.02 Å². The predicted molar refractivity (Wildman–Crippen MR) is 79.7 cm³/mol. The molecule has 0 aromatic heterocycles. The summed E-state index contributed by atoms with van der Waals surface area (Å²) in [6.07, 6.45) is 0. The molecule has 1 fully saturated rings. The minimum atomic E-state index is -0.695. The van der Waals surface area contributed by atoms with Gasteiger partial charge in [-0.15, -0.1) is 0 Å². The third kappa shape index (κ3) is 2.88. The summed E-state index contributed by atoms with van der Waals surface area (Å²) in [6.45, 7) is 7.23. The third-order valence-corrected chi connectivity index (χ3v) is 3.88. The van der Waals surface area contributed by atoms with Gasteiger partial charge in [0.25, 0.3) is 5.91 Å². The van der Waals surface area contributed by atoms with Crippen LogP contribution in [0, 0.1) is 11.2 Å². The van der Waals surface area contributed by atoms with Crippen molar-refractivity contribution < 1.29 is 14.0 Å². The molecule has 4 nitrogen and oxygen atoms in total. The fraction of sp³-hybridized carbons (Fsp3) is 0.467. The number of piperazine rings is 1. The lowest BCUT2D eigenvalue weighted by Gasteiger charge is -2.42. The zero-order valence-corrected chi connectivity index (χ0v) is 13.2. The molecule has 1 aromatic carbocycles. The molecule has 2 amide bonds. The zero-order valence-electron chi connectivity index (χ0n) is 12.4. The normalized spacial score (nSPS) is 23.2. The molecule has 2 rings (SSSR count). The average Bonchev–Trinajstić information content (AvgIpc) is 2.35. The number of carbonyl (C=O) groups excluding carboxylic acids is 2. The number of carbonyl (C=O) groups is 2. The van der Waals surface area contributed by atoms with Gasteiger partial charge in [-0.1, -0.05) is 32.4 Å². The second-order valence-electron chi connectivity index (χ2n) is 6.29. The summed E-state index contributed by atoms with van der Waals surface area (Å²) in [6, 6.07) is 2.43. The van der Waals surface area contributed by atoms with Crippen molar-refractivity contribution in [1.82, 2.24) is 5.32 Å². The van der Waals surface area contributed by atoms with Crippen molar-refractivity contribution in [2.75, 3.05) is 4.90 Å². The maximum atomic E-state index is 13.2. The zero-order chi connectivity index (χ0) is 15.9. The van der Waals surface area contributed by atoms with Gasteiger partial charge in [-0.25, -0.2) is 4.39 Å². The van der Waals surface area contributed by atoms with Gasteiger partial charge < -0.3 is 5.32 Å². The summed E-state index contributed by atoms with van der Waals surface area (Å²) in [7, 11) is 0. The fourth-order valence-corrected chi connectivity index (χ4v) is 2.62. The summed E-state index contributed by atoms with van der Waals surface area (Å²) < 4.78 is 13.2. The van der Waals surface area contributed by atoms with Crippen LogP contribution in [-0.2, 0) is 9.59 Å². The molecule has 1 saturated heterocycles. The molecular weight excluding hydrogens is 295 g/mol. The summed E-state index contributed by atoms with van der Waals surface area (Å²) >= 11 is 6.04. The molecular formula is C15H18ClFN2O2. The highest BCUT2D eigenvalue weighted by atomic mass is 35.5. The minimum absolute atomic E-state index is 0.109. The number of hydrogen-bond donors (Lipinski definition) is 1. The van der Waals surface area contributed by atoms with Gasteiger partial charge in [-0.05, 0) is 30.5 Å². The van der Waals surface area contributed by atoms with Crippen LogP contribution < -0.4 is 10.2 Å². The molecule has 0 radical (unpaired) electrons. The Balaban J connectivity index is 2.48. The van der Waals surface area contributed by atoms with Gasteiger partial charge in [-0.2, -0.15) is 0 Å². The highest BCUT2D eigenvalue weighted by molar-refractivity contribution is 6.34. The van der Waals surface area contributed by atoms with E-state index in [1.807, 2.05) is 20.8 Å². The van der Waals surface area contributed by atoms with E-state index in [1.165, 1.54) is 17.0 Å². The Morgan fingerprint density at radius 3 is 2.43 bits per heavy atom. The Morgan fingerprint density at radius 1 is 1.29 bits per heavy atom. The Hall–Kier alpha value is -1.62. The quantitative estimate of drug-likeness (QED) is 0.867. The lowest BCUT2D eigenvalue weighted by molar-refractivity contribution is -0.136. The second-order valence-corrected chi connectivity index (χ2v) is 6.69. The number of hydrogen-bond acceptors (Lipinski definition) is 2. The van der Waals surface area contributed by atoms with E-state index in [9.17, 15) is 14.0 Å². The van der Waals surface area contributed by atoms with Crippen molar-refractivity contribution in [2.45, 2.75) is 39.8 Å². The van der Waals surface area contributed by atoms with E-state index in [1.54, 1.807) is 6.92 Å². The topological polar surface area (TPSA) is 49.4 Å². The smallest absolute Gasteiger partial charge is 0.250 e. The lowest BCUT2D eigenvalue weighted by Crippen LogP contribution is -2.66. The van der Waals surface area contributed by atoms with Crippen LogP contribution in [0.3, 0.4) is 0 Å². The third-order valence-electron chi connectivity index (χ3n) is 3.57. The van der Waals surface area contributed by atoms with Crippen LogP contribution in [0.5, 0.6) is 0 Å². The van der Waals surface area contributed by atoms with Crippen LogP contribution in [-0.4, -0.2) is 23.9 Å². The summed E-state index contributed by atoms with van der Waals surface area (Å²) in [5.41, 5.74) is -0.0860. The van der Waals surface area contributed by atoms with Crippen LogP contribution in [0.15, 0.2) is 18.2 Å². The van der Waals surface area contributed by atoms with Crippen LogP contribution in [0.25, 0.3) is 0 Å². The molecule has 1 aromatic rings. The molecule has 1 aliphatic heterocycles. The van der Waals surface area contributed by atoms with Crippen LogP contribution >= 0.6 is 11.6 Å². The first-order chi connectivity index (χ1) is 9.62. The van der Waals surface area contributed by atoms with E-state index in [0.29, 0.717) is 5.69 Å². The first-order valence-electron chi connectivity index (χ1n) is 6.71. The largest absolute Gasteiger partial charge is 0.342 e. The molecule has 0 bridgehead atoms. The number of anilines is 1. The monoisotopic (exact) mass is 312 g/mol. The number of rotatable bonds is 1. The van der Waals surface area contributed by atoms with Crippen LogP contribution in [0.1, 0.15) is 27.7 Å². The molecule has 6 heteroatoms. The molecule has 21 heavy (non-hydrogen) atoms. The van der Waals surface area contributed by atoms with Crippen molar-refractivity contribution in [2.24, 2.45) is 5.41 Å². The van der Waals surface area contributed by atoms with Crippen LogP contribution in [0.4, 0.5) is 10.1 Å². The molecule has 0 spiro atoms.